The van der Waals surface area contributed by atoms with E-state index >= 15 is 0 Å². The third kappa shape index (κ3) is 33.2. The highest BCUT2D eigenvalue weighted by Gasteiger charge is 2.22. The molecule has 0 saturated carbocycles. The van der Waals surface area contributed by atoms with Gasteiger partial charge in [-0.25, -0.2) is 4.57 Å². The van der Waals surface area contributed by atoms with Crippen molar-refractivity contribution in [3.63, 3.8) is 0 Å². The summed E-state index contributed by atoms with van der Waals surface area (Å²) in [6.07, 6.45) is 31.8. The van der Waals surface area contributed by atoms with E-state index in [-0.39, 0.29) is 25.6 Å². The van der Waals surface area contributed by atoms with Crippen LogP contribution in [-0.2, 0) is 28.2 Å². The minimum absolute atomic E-state index is 0.171. The molecule has 260 valence electrons. The molecule has 2 atom stereocenters. The molecule has 0 aliphatic rings. The number of hydrogen-bond acceptors (Lipinski definition) is 7. The van der Waals surface area contributed by atoms with Gasteiger partial charge in [0, 0.05) is 12.8 Å². The Bertz CT molecular complexity index is 892. The first kappa shape index (κ1) is 43.0. The highest BCUT2D eigenvalue weighted by atomic mass is 31.2. The zero-order chi connectivity index (χ0) is 33.4. The minimum atomic E-state index is -4.76. The van der Waals surface area contributed by atoms with E-state index in [1.807, 2.05) is 36.5 Å². The van der Waals surface area contributed by atoms with Crippen molar-refractivity contribution in [1.82, 2.24) is 0 Å². The summed E-state index contributed by atoms with van der Waals surface area (Å²) in [6, 6.07) is 0. The van der Waals surface area contributed by atoms with E-state index in [1.165, 1.54) is 32.1 Å². The summed E-state index contributed by atoms with van der Waals surface area (Å²) in [7, 11) is -4.76. The third-order valence-corrected chi connectivity index (χ3v) is 7.44. The molecular weight excluding hydrogens is 595 g/mol. The molecule has 0 amide bonds. The van der Waals surface area contributed by atoms with Gasteiger partial charge in [0.1, 0.15) is 6.61 Å². The predicted molar refractivity (Wildman–Crippen MR) is 180 cm³/mol. The van der Waals surface area contributed by atoms with Crippen molar-refractivity contribution in [2.75, 3.05) is 13.2 Å². The average molecular weight is 657 g/mol. The van der Waals surface area contributed by atoms with Gasteiger partial charge < -0.3 is 24.4 Å². The standard InChI is InChI=1S/C35H61O9P/c1-3-5-7-8-9-13-18-21-25-29-35(38)44-33(31-43-45(39,40)41)30-42-34(37)28-24-20-17-15-12-10-11-14-16-19-23-27-32(36)26-22-6-4-2/h10-11,15-17,19,23,27,32-33,36H,3-9,12-14,18,20-22,24-26,28-31H2,1-2H3,(H2,39,40,41)/b11-10-,17-15-,19-16-,27-23+/t32-,33-/m1/s1. The Morgan fingerprint density at radius 3 is 1.93 bits per heavy atom. The second kappa shape index (κ2) is 30.6. The van der Waals surface area contributed by atoms with E-state index in [1.54, 1.807) is 0 Å². The van der Waals surface area contributed by atoms with E-state index < -0.39 is 32.5 Å². The molecule has 0 rings (SSSR count). The first-order valence-corrected chi connectivity index (χ1v) is 18.6. The van der Waals surface area contributed by atoms with E-state index in [2.05, 4.69) is 30.5 Å². The maximum atomic E-state index is 12.2. The van der Waals surface area contributed by atoms with Crippen LogP contribution in [0, 0.1) is 0 Å². The van der Waals surface area contributed by atoms with Crippen molar-refractivity contribution in [2.45, 2.75) is 148 Å². The molecule has 0 aromatic rings. The number of carbonyl (C=O) groups is 2. The second-order valence-corrected chi connectivity index (χ2v) is 12.6. The van der Waals surface area contributed by atoms with Gasteiger partial charge in [0.25, 0.3) is 0 Å². The summed E-state index contributed by atoms with van der Waals surface area (Å²) in [5, 5.41) is 9.84. The molecule has 0 radical (unpaired) electrons. The first-order chi connectivity index (χ1) is 21.7. The summed E-state index contributed by atoms with van der Waals surface area (Å²) in [6.45, 7) is 3.45. The number of aliphatic hydroxyl groups excluding tert-OH is 1. The van der Waals surface area contributed by atoms with Crippen LogP contribution in [-0.4, -0.2) is 52.3 Å². The molecule has 0 heterocycles. The van der Waals surface area contributed by atoms with Gasteiger partial charge in [-0.2, -0.15) is 0 Å². The van der Waals surface area contributed by atoms with E-state index in [4.69, 9.17) is 19.3 Å². The van der Waals surface area contributed by atoms with Crippen LogP contribution in [0.15, 0.2) is 48.6 Å². The van der Waals surface area contributed by atoms with Gasteiger partial charge in [-0.1, -0.05) is 133 Å². The smallest absolute Gasteiger partial charge is 0.462 e. The Hall–Kier alpha value is -2.03. The van der Waals surface area contributed by atoms with Crippen LogP contribution in [0.25, 0.3) is 0 Å². The molecule has 0 unspecified atom stereocenters. The molecule has 0 bridgehead atoms. The van der Waals surface area contributed by atoms with Crippen LogP contribution in [0.4, 0.5) is 0 Å². The lowest BCUT2D eigenvalue weighted by molar-refractivity contribution is -0.161. The van der Waals surface area contributed by atoms with Crippen LogP contribution >= 0.6 is 7.82 Å². The Labute approximate surface area is 272 Å². The van der Waals surface area contributed by atoms with Crippen LogP contribution < -0.4 is 0 Å². The predicted octanol–water partition coefficient (Wildman–Crippen LogP) is 8.59. The van der Waals surface area contributed by atoms with Crippen molar-refractivity contribution >= 4 is 19.8 Å². The maximum Gasteiger partial charge on any atom is 0.469 e. The topological polar surface area (TPSA) is 140 Å². The fraction of sp³-hybridized carbons (Fsp3) is 0.714. The fourth-order valence-electron chi connectivity index (χ4n) is 4.36. The molecule has 0 aromatic carbocycles. The number of unbranched alkanes of at least 4 members (excludes halogenated alkanes) is 11. The zero-order valence-electron chi connectivity index (χ0n) is 27.9. The SMILES string of the molecule is CCCCCCCCCCCC(=O)O[C@H](COC(=O)CCC/C=C\C/C=C\C/C=C\C=C\[C@H](O)CCCCC)COP(=O)(O)O. The number of esters is 2. The number of phosphoric acid groups is 1. The van der Waals surface area contributed by atoms with Crippen molar-refractivity contribution in [3.8, 4) is 0 Å². The van der Waals surface area contributed by atoms with Gasteiger partial charge in [0.2, 0.25) is 0 Å². The largest absolute Gasteiger partial charge is 0.469 e. The molecule has 0 fully saturated rings. The lowest BCUT2D eigenvalue weighted by Crippen LogP contribution is -2.29. The number of phosphoric ester groups is 1. The number of hydrogen-bond donors (Lipinski definition) is 3. The quantitative estimate of drug-likeness (QED) is 0.0228. The monoisotopic (exact) mass is 656 g/mol. The number of rotatable bonds is 30. The van der Waals surface area contributed by atoms with Crippen molar-refractivity contribution in [2.24, 2.45) is 0 Å². The number of carbonyl (C=O) groups excluding carboxylic acids is 2. The molecular formula is C35H61O9P. The molecule has 0 saturated heterocycles. The number of ether oxygens (including phenoxy) is 2. The molecule has 3 N–H and O–H groups in total. The fourth-order valence-corrected chi connectivity index (χ4v) is 4.72. The number of aliphatic hydroxyl groups is 1. The normalized spacial score (nSPS) is 13.8. The van der Waals surface area contributed by atoms with Gasteiger partial charge in [-0.15, -0.1) is 0 Å². The third-order valence-electron chi connectivity index (χ3n) is 6.95. The molecule has 0 aliphatic heterocycles. The second-order valence-electron chi connectivity index (χ2n) is 11.3. The Balaban J connectivity index is 4.16. The lowest BCUT2D eigenvalue weighted by atomic mass is 10.1. The Kier molecular flexibility index (Phi) is 29.2. The lowest BCUT2D eigenvalue weighted by Gasteiger charge is -2.18. The van der Waals surface area contributed by atoms with Crippen LogP contribution in [0.2, 0.25) is 0 Å². The van der Waals surface area contributed by atoms with Crippen LogP contribution in [0.3, 0.4) is 0 Å². The van der Waals surface area contributed by atoms with Gasteiger partial charge in [0.05, 0.1) is 12.7 Å². The average Bonchev–Trinajstić information content (AvgIpc) is 2.99. The van der Waals surface area contributed by atoms with Gasteiger partial charge in [-0.3, -0.25) is 14.1 Å². The molecule has 0 spiro atoms. The molecule has 45 heavy (non-hydrogen) atoms. The van der Waals surface area contributed by atoms with Crippen molar-refractivity contribution in [3.05, 3.63) is 48.6 Å². The van der Waals surface area contributed by atoms with Gasteiger partial charge in [0.15, 0.2) is 6.10 Å². The minimum Gasteiger partial charge on any atom is -0.462 e. The van der Waals surface area contributed by atoms with Crippen molar-refractivity contribution in [1.29, 1.82) is 0 Å². The van der Waals surface area contributed by atoms with Gasteiger partial charge in [-0.05, 0) is 38.5 Å². The van der Waals surface area contributed by atoms with Gasteiger partial charge >= 0.3 is 19.8 Å². The highest BCUT2D eigenvalue weighted by Crippen LogP contribution is 2.35. The summed E-state index contributed by atoms with van der Waals surface area (Å²) in [5.74, 6) is -0.984. The van der Waals surface area contributed by atoms with E-state index in [0.717, 1.165) is 57.8 Å². The van der Waals surface area contributed by atoms with Crippen LogP contribution in [0.1, 0.15) is 136 Å². The van der Waals surface area contributed by atoms with Crippen LogP contribution in [0.5, 0.6) is 0 Å². The summed E-state index contributed by atoms with van der Waals surface area (Å²) in [4.78, 5) is 42.4. The number of allylic oxidation sites excluding steroid dienone is 7. The molecule has 0 aromatic heterocycles. The first-order valence-electron chi connectivity index (χ1n) is 17.0. The highest BCUT2D eigenvalue weighted by molar-refractivity contribution is 7.46. The molecule has 0 aliphatic carbocycles. The maximum absolute atomic E-state index is 12.2. The van der Waals surface area contributed by atoms with Crippen molar-refractivity contribution < 1.29 is 43.0 Å². The van der Waals surface area contributed by atoms with E-state index in [9.17, 15) is 19.3 Å². The Morgan fingerprint density at radius 1 is 0.689 bits per heavy atom. The summed E-state index contributed by atoms with van der Waals surface area (Å²) < 4.78 is 26.1. The Morgan fingerprint density at radius 2 is 1.27 bits per heavy atom. The van der Waals surface area contributed by atoms with E-state index in [0.29, 0.717) is 19.3 Å². The molecule has 10 heteroatoms. The summed E-state index contributed by atoms with van der Waals surface area (Å²) >= 11 is 0. The molecule has 9 nitrogen and oxygen atoms in total. The zero-order valence-corrected chi connectivity index (χ0v) is 28.8. The summed E-state index contributed by atoms with van der Waals surface area (Å²) in [5.41, 5.74) is 0.